The molecule has 1 atom stereocenters. The van der Waals surface area contributed by atoms with Gasteiger partial charge >= 0.3 is 0 Å². The number of nitro groups is 1. The number of hydrogen-bond acceptors (Lipinski definition) is 3. The van der Waals surface area contributed by atoms with Crippen LogP contribution in [0.2, 0.25) is 0 Å². The first kappa shape index (κ1) is 17.1. The van der Waals surface area contributed by atoms with E-state index >= 15 is 0 Å². The van der Waals surface area contributed by atoms with Crippen molar-refractivity contribution in [1.82, 2.24) is 4.90 Å². The highest BCUT2D eigenvalue weighted by atomic mass is 16.6. The molecule has 116 valence electrons. The fourth-order valence-corrected chi connectivity index (χ4v) is 2.18. The second-order valence-corrected chi connectivity index (χ2v) is 5.37. The Morgan fingerprint density at radius 1 is 1.38 bits per heavy atom. The third kappa shape index (κ3) is 4.28. The molecule has 0 heterocycles. The van der Waals surface area contributed by atoms with Gasteiger partial charge in [0, 0.05) is 30.3 Å². The van der Waals surface area contributed by atoms with Crippen LogP contribution >= 0.6 is 0 Å². The summed E-state index contributed by atoms with van der Waals surface area (Å²) in [6, 6.07) is 4.59. The summed E-state index contributed by atoms with van der Waals surface area (Å²) in [6.07, 6.45) is 2.81. The lowest BCUT2D eigenvalue weighted by atomic mass is 10.0. The maximum atomic E-state index is 12.8. The van der Waals surface area contributed by atoms with Crippen molar-refractivity contribution in [3.05, 3.63) is 39.4 Å². The summed E-state index contributed by atoms with van der Waals surface area (Å²) in [7, 11) is 0. The zero-order chi connectivity index (χ0) is 16.0. The van der Waals surface area contributed by atoms with Gasteiger partial charge in [-0.25, -0.2) is 0 Å². The lowest BCUT2D eigenvalue weighted by molar-refractivity contribution is -0.384. The third-order valence-corrected chi connectivity index (χ3v) is 3.80. The molecular weight excluding hydrogens is 268 g/mol. The second-order valence-electron chi connectivity index (χ2n) is 5.37. The van der Waals surface area contributed by atoms with Gasteiger partial charge in [-0.05, 0) is 32.3 Å². The molecule has 0 saturated carbocycles. The molecule has 0 fully saturated rings. The highest BCUT2D eigenvalue weighted by Crippen LogP contribution is 2.20. The van der Waals surface area contributed by atoms with Gasteiger partial charge in [0.1, 0.15) is 0 Å². The zero-order valence-electron chi connectivity index (χ0n) is 13.3. The molecule has 1 amide bonds. The van der Waals surface area contributed by atoms with Crippen LogP contribution < -0.4 is 0 Å². The number of carbonyl (C=O) groups excluding carboxylic acids is 1. The molecule has 0 N–H and O–H groups in total. The summed E-state index contributed by atoms with van der Waals surface area (Å²) in [5, 5.41) is 10.9. The predicted octanol–water partition coefficient (Wildman–Crippen LogP) is 3.94. The molecule has 1 aromatic rings. The van der Waals surface area contributed by atoms with Gasteiger partial charge in [-0.15, -0.1) is 0 Å². The topological polar surface area (TPSA) is 63.5 Å². The van der Waals surface area contributed by atoms with Crippen LogP contribution in [-0.4, -0.2) is 28.3 Å². The number of rotatable bonds is 7. The minimum Gasteiger partial charge on any atom is -0.336 e. The molecule has 0 spiro atoms. The van der Waals surface area contributed by atoms with Crippen molar-refractivity contribution in [2.24, 2.45) is 0 Å². The molecule has 0 aliphatic heterocycles. The predicted molar refractivity (Wildman–Crippen MR) is 83.5 cm³/mol. The number of unbranched alkanes of at least 4 members (excludes halogenated alkanes) is 1. The normalized spacial score (nSPS) is 12.0. The number of nitrogens with zero attached hydrogens (tertiary/aromatic N) is 2. The number of nitro benzene ring substituents is 1. The van der Waals surface area contributed by atoms with Crippen molar-refractivity contribution in [3.63, 3.8) is 0 Å². The van der Waals surface area contributed by atoms with Crippen LogP contribution in [0.25, 0.3) is 0 Å². The largest absolute Gasteiger partial charge is 0.336 e. The first-order chi connectivity index (χ1) is 9.92. The first-order valence-electron chi connectivity index (χ1n) is 7.48. The van der Waals surface area contributed by atoms with Gasteiger partial charge in [0.2, 0.25) is 0 Å². The van der Waals surface area contributed by atoms with E-state index in [4.69, 9.17) is 0 Å². The van der Waals surface area contributed by atoms with Crippen molar-refractivity contribution in [3.8, 4) is 0 Å². The van der Waals surface area contributed by atoms with Gasteiger partial charge in [-0.3, -0.25) is 14.9 Å². The molecule has 5 nitrogen and oxygen atoms in total. The van der Waals surface area contributed by atoms with Crippen molar-refractivity contribution in [2.75, 3.05) is 6.54 Å². The van der Waals surface area contributed by atoms with E-state index < -0.39 is 4.92 Å². The molecule has 0 aliphatic carbocycles. The number of carbonyl (C=O) groups is 1. The standard InChI is InChI=1S/C16H24N2O3/c1-5-7-10-17(13(4)6-2)16(19)15-11-14(18(20)21)9-8-12(15)3/h8-9,11,13H,5-7,10H2,1-4H3. The van der Waals surface area contributed by atoms with E-state index in [0.717, 1.165) is 24.8 Å². The molecule has 0 aliphatic rings. The smallest absolute Gasteiger partial charge is 0.270 e. The van der Waals surface area contributed by atoms with E-state index in [-0.39, 0.29) is 17.6 Å². The SMILES string of the molecule is CCCCN(C(=O)c1cc([N+](=O)[O-])ccc1C)C(C)CC. The summed E-state index contributed by atoms with van der Waals surface area (Å²) in [6.45, 7) is 8.63. The number of amides is 1. The van der Waals surface area contributed by atoms with Gasteiger partial charge in [0.05, 0.1) is 4.92 Å². The fourth-order valence-electron chi connectivity index (χ4n) is 2.18. The van der Waals surface area contributed by atoms with E-state index in [1.807, 2.05) is 25.7 Å². The Labute approximate surface area is 126 Å². The van der Waals surface area contributed by atoms with Gasteiger partial charge in [0.15, 0.2) is 0 Å². The Kier molecular flexibility index (Phi) is 6.34. The Morgan fingerprint density at radius 3 is 2.57 bits per heavy atom. The lowest BCUT2D eigenvalue weighted by Gasteiger charge is -2.29. The molecule has 0 bridgehead atoms. The van der Waals surface area contributed by atoms with Gasteiger partial charge < -0.3 is 4.90 Å². The summed E-state index contributed by atoms with van der Waals surface area (Å²) in [5.74, 6) is -0.112. The zero-order valence-corrected chi connectivity index (χ0v) is 13.3. The van der Waals surface area contributed by atoms with E-state index in [9.17, 15) is 14.9 Å². The van der Waals surface area contributed by atoms with Crippen LogP contribution in [0.5, 0.6) is 0 Å². The monoisotopic (exact) mass is 292 g/mol. The van der Waals surface area contributed by atoms with E-state index in [1.54, 1.807) is 6.07 Å². The van der Waals surface area contributed by atoms with Crippen LogP contribution in [0.3, 0.4) is 0 Å². The second kappa shape index (κ2) is 7.76. The van der Waals surface area contributed by atoms with Gasteiger partial charge in [0.25, 0.3) is 11.6 Å². The minimum atomic E-state index is -0.462. The highest BCUT2D eigenvalue weighted by molar-refractivity contribution is 5.96. The van der Waals surface area contributed by atoms with Crippen molar-refractivity contribution in [1.29, 1.82) is 0 Å². The van der Waals surface area contributed by atoms with Crippen LogP contribution in [0.1, 0.15) is 56.0 Å². The maximum Gasteiger partial charge on any atom is 0.270 e. The number of hydrogen-bond donors (Lipinski definition) is 0. The van der Waals surface area contributed by atoms with Crippen LogP contribution in [0.15, 0.2) is 18.2 Å². The molecular formula is C16H24N2O3. The molecule has 1 rings (SSSR count). The fraction of sp³-hybridized carbons (Fsp3) is 0.562. The van der Waals surface area contributed by atoms with E-state index in [1.165, 1.54) is 12.1 Å². The Morgan fingerprint density at radius 2 is 2.05 bits per heavy atom. The Bertz CT molecular complexity index is 514. The maximum absolute atomic E-state index is 12.8. The number of benzene rings is 1. The molecule has 21 heavy (non-hydrogen) atoms. The van der Waals surface area contributed by atoms with Crippen molar-refractivity contribution in [2.45, 2.75) is 53.0 Å². The van der Waals surface area contributed by atoms with Crippen LogP contribution in [0.4, 0.5) is 5.69 Å². The minimum absolute atomic E-state index is 0.0384. The summed E-state index contributed by atoms with van der Waals surface area (Å²) >= 11 is 0. The average Bonchev–Trinajstić information content (AvgIpc) is 2.47. The van der Waals surface area contributed by atoms with E-state index in [2.05, 4.69) is 6.92 Å². The quantitative estimate of drug-likeness (QED) is 0.564. The van der Waals surface area contributed by atoms with Crippen molar-refractivity contribution >= 4 is 11.6 Å². The molecule has 1 unspecified atom stereocenters. The Hall–Kier alpha value is -1.91. The summed E-state index contributed by atoms with van der Waals surface area (Å²) in [5.41, 5.74) is 1.17. The highest BCUT2D eigenvalue weighted by Gasteiger charge is 2.23. The number of non-ortho nitro benzene ring substituents is 1. The lowest BCUT2D eigenvalue weighted by Crippen LogP contribution is -2.39. The van der Waals surface area contributed by atoms with Gasteiger partial charge in [-0.1, -0.05) is 26.3 Å². The van der Waals surface area contributed by atoms with Crippen LogP contribution in [-0.2, 0) is 0 Å². The summed E-state index contributed by atoms with van der Waals surface area (Å²) < 4.78 is 0. The Balaban J connectivity index is 3.12. The molecule has 1 aromatic carbocycles. The molecule has 0 aromatic heterocycles. The van der Waals surface area contributed by atoms with Crippen LogP contribution in [0, 0.1) is 17.0 Å². The molecule has 0 saturated heterocycles. The first-order valence-corrected chi connectivity index (χ1v) is 7.48. The third-order valence-electron chi connectivity index (χ3n) is 3.80. The number of aryl methyl sites for hydroxylation is 1. The average molecular weight is 292 g/mol. The molecule has 0 radical (unpaired) electrons. The molecule has 5 heteroatoms. The summed E-state index contributed by atoms with van der Waals surface area (Å²) in [4.78, 5) is 25.0. The van der Waals surface area contributed by atoms with Gasteiger partial charge in [-0.2, -0.15) is 0 Å². The van der Waals surface area contributed by atoms with Crippen molar-refractivity contribution < 1.29 is 9.72 Å². The van der Waals surface area contributed by atoms with E-state index in [0.29, 0.717) is 12.1 Å².